The second kappa shape index (κ2) is 3.61. The van der Waals surface area contributed by atoms with Crippen LogP contribution in [-0.2, 0) is 4.79 Å². The van der Waals surface area contributed by atoms with E-state index in [4.69, 9.17) is 9.52 Å². The molecule has 5 nitrogen and oxygen atoms in total. The molecule has 0 aliphatic rings. The molecule has 0 atom stereocenters. The van der Waals surface area contributed by atoms with Crippen molar-refractivity contribution in [3.05, 3.63) is 23.8 Å². The Morgan fingerprint density at radius 3 is 3.07 bits per heavy atom. The van der Waals surface area contributed by atoms with Gasteiger partial charge in [-0.15, -0.1) is 0 Å². The number of rotatable bonds is 3. The number of aliphatic carboxylic acids is 1. The zero-order chi connectivity index (χ0) is 10.8. The second-order valence-corrected chi connectivity index (χ2v) is 3.19. The maximum absolute atomic E-state index is 10.3. The first-order valence-electron chi connectivity index (χ1n) is 4.48. The van der Waals surface area contributed by atoms with E-state index in [1.165, 1.54) is 0 Å². The third-order valence-electron chi connectivity index (χ3n) is 2.01. The first kappa shape index (κ1) is 9.51. The van der Waals surface area contributed by atoms with E-state index in [2.05, 4.69) is 10.3 Å². The molecule has 1 aromatic heterocycles. The minimum absolute atomic E-state index is 0.203. The molecule has 78 valence electrons. The first-order chi connectivity index (χ1) is 7.16. The Morgan fingerprint density at radius 1 is 1.60 bits per heavy atom. The Morgan fingerprint density at radius 2 is 2.40 bits per heavy atom. The van der Waals surface area contributed by atoms with Crippen LogP contribution in [-0.4, -0.2) is 22.6 Å². The van der Waals surface area contributed by atoms with Crippen LogP contribution in [0.1, 0.15) is 5.56 Å². The Hall–Kier alpha value is -2.04. The molecule has 1 aromatic carbocycles. The smallest absolute Gasteiger partial charge is 0.323 e. The van der Waals surface area contributed by atoms with Crippen molar-refractivity contribution in [1.82, 2.24) is 4.98 Å². The third kappa shape index (κ3) is 1.90. The topological polar surface area (TPSA) is 75.4 Å². The number of hydrogen-bond acceptors (Lipinski definition) is 4. The summed E-state index contributed by atoms with van der Waals surface area (Å²) in [6, 6.07) is 5.82. The van der Waals surface area contributed by atoms with Gasteiger partial charge in [-0.3, -0.25) is 4.79 Å². The molecule has 2 aromatic rings. The van der Waals surface area contributed by atoms with E-state index in [-0.39, 0.29) is 12.6 Å². The van der Waals surface area contributed by atoms with Gasteiger partial charge < -0.3 is 14.8 Å². The minimum Gasteiger partial charge on any atom is -0.480 e. The van der Waals surface area contributed by atoms with Crippen LogP contribution in [0, 0.1) is 6.92 Å². The van der Waals surface area contributed by atoms with E-state index < -0.39 is 5.97 Å². The Balaban J connectivity index is 2.31. The Labute approximate surface area is 85.7 Å². The summed E-state index contributed by atoms with van der Waals surface area (Å²) in [5.74, 6) is -0.950. The molecule has 0 aliphatic heterocycles. The van der Waals surface area contributed by atoms with Gasteiger partial charge in [-0.25, -0.2) is 0 Å². The molecule has 0 bridgehead atoms. The standard InChI is InChI=1S/C10H10N2O3/c1-6-3-2-4-7-9(6)12-10(15-7)11-5-8(13)14/h2-4H,5H2,1H3,(H,11,12)(H,13,14). The number of carboxylic acid groups (broad SMARTS) is 1. The second-order valence-electron chi connectivity index (χ2n) is 3.19. The predicted molar refractivity (Wildman–Crippen MR) is 54.9 cm³/mol. The lowest BCUT2D eigenvalue weighted by molar-refractivity contribution is -0.134. The first-order valence-corrected chi connectivity index (χ1v) is 4.48. The number of carbonyl (C=O) groups is 1. The monoisotopic (exact) mass is 206 g/mol. The number of nitrogens with one attached hydrogen (secondary N) is 1. The van der Waals surface area contributed by atoms with Crippen molar-refractivity contribution in [3.8, 4) is 0 Å². The lowest BCUT2D eigenvalue weighted by Gasteiger charge is -1.93. The van der Waals surface area contributed by atoms with E-state index in [1.54, 1.807) is 6.07 Å². The number of oxazole rings is 1. The summed E-state index contributed by atoms with van der Waals surface area (Å²) in [4.78, 5) is 14.5. The largest absolute Gasteiger partial charge is 0.480 e. The highest BCUT2D eigenvalue weighted by molar-refractivity contribution is 5.78. The summed E-state index contributed by atoms with van der Waals surface area (Å²) in [6.45, 7) is 1.72. The van der Waals surface area contributed by atoms with E-state index >= 15 is 0 Å². The summed E-state index contributed by atoms with van der Waals surface area (Å²) in [6.07, 6.45) is 0. The van der Waals surface area contributed by atoms with Gasteiger partial charge in [0.1, 0.15) is 12.1 Å². The molecule has 0 amide bonds. The molecule has 2 N–H and O–H groups in total. The van der Waals surface area contributed by atoms with Crippen LogP contribution < -0.4 is 5.32 Å². The zero-order valence-electron chi connectivity index (χ0n) is 8.15. The van der Waals surface area contributed by atoms with Gasteiger partial charge >= 0.3 is 5.97 Å². The zero-order valence-corrected chi connectivity index (χ0v) is 8.15. The number of benzene rings is 1. The number of fused-ring (bicyclic) bond motifs is 1. The Bertz CT molecular complexity index is 504. The summed E-state index contributed by atoms with van der Waals surface area (Å²) in [5, 5.41) is 11.1. The lowest BCUT2D eigenvalue weighted by atomic mass is 10.2. The van der Waals surface area contributed by atoms with Crippen molar-refractivity contribution in [3.63, 3.8) is 0 Å². The SMILES string of the molecule is Cc1cccc2oc(NCC(=O)O)nc12. The number of anilines is 1. The predicted octanol–water partition coefficient (Wildman–Crippen LogP) is 1.63. The van der Waals surface area contributed by atoms with Crippen molar-refractivity contribution in [2.75, 3.05) is 11.9 Å². The number of carboxylic acids is 1. The van der Waals surface area contributed by atoms with Gasteiger partial charge in [0.15, 0.2) is 5.58 Å². The van der Waals surface area contributed by atoms with E-state index in [9.17, 15) is 4.79 Å². The van der Waals surface area contributed by atoms with Crippen LogP contribution in [0.4, 0.5) is 6.01 Å². The van der Waals surface area contributed by atoms with Crippen LogP contribution in [0.15, 0.2) is 22.6 Å². The molecule has 5 heteroatoms. The van der Waals surface area contributed by atoms with Gasteiger partial charge in [0, 0.05) is 0 Å². The molecule has 15 heavy (non-hydrogen) atoms. The van der Waals surface area contributed by atoms with Crippen LogP contribution in [0.5, 0.6) is 0 Å². The minimum atomic E-state index is -0.950. The van der Waals surface area contributed by atoms with E-state index in [0.717, 1.165) is 11.1 Å². The third-order valence-corrected chi connectivity index (χ3v) is 2.01. The Kier molecular flexibility index (Phi) is 2.29. The summed E-state index contributed by atoms with van der Waals surface area (Å²) < 4.78 is 5.31. The summed E-state index contributed by atoms with van der Waals surface area (Å²) in [5.41, 5.74) is 2.41. The number of hydrogen-bond donors (Lipinski definition) is 2. The highest BCUT2D eigenvalue weighted by atomic mass is 16.4. The molecule has 0 unspecified atom stereocenters. The van der Waals surface area contributed by atoms with Crippen molar-refractivity contribution in [1.29, 1.82) is 0 Å². The summed E-state index contributed by atoms with van der Waals surface area (Å²) in [7, 11) is 0. The molecule has 0 fully saturated rings. The van der Waals surface area contributed by atoms with Gasteiger partial charge in [-0.2, -0.15) is 4.98 Å². The molecular weight excluding hydrogens is 196 g/mol. The molecule has 0 saturated carbocycles. The fourth-order valence-corrected chi connectivity index (χ4v) is 1.31. The maximum Gasteiger partial charge on any atom is 0.323 e. The highest BCUT2D eigenvalue weighted by Crippen LogP contribution is 2.21. The number of aryl methyl sites for hydroxylation is 1. The van der Waals surface area contributed by atoms with E-state index in [1.807, 2.05) is 19.1 Å². The van der Waals surface area contributed by atoms with Crippen molar-refractivity contribution < 1.29 is 14.3 Å². The quantitative estimate of drug-likeness (QED) is 0.798. The summed E-state index contributed by atoms with van der Waals surface area (Å²) >= 11 is 0. The van der Waals surface area contributed by atoms with Gasteiger partial charge in [0.2, 0.25) is 0 Å². The normalized spacial score (nSPS) is 10.5. The average Bonchev–Trinajstić information content (AvgIpc) is 2.59. The van der Waals surface area contributed by atoms with Crippen LogP contribution in [0.25, 0.3) is 11.1 Å². The number of nitrogens with zero attached hydrogens (tertiary/aromatic N) is 1. The van der Waals surface area contributed by atoms with Crippen LogP contribution >= 0.6 is 0 Å². The fourth-order valence-electron chi connectivity index (χ4n) is 1.31. The van der Waals surface area contributed by atoms with Gasteiger partial charge in [-0.1, -0.05) is 12.1 Å². The highest BCUT2D eigenvalue weighted by Gasteiger charge is 2.07. The molecule has 0 spiro atoms. The number of para-hydroxylation sites is 1. The van der Waals surface area contributed by atoms with Crippen molar-refractivity contribution >= 4 is 23.1 Å². The molecular formula is C10H10N2O3. The fraction of sp³-hybridized carbons (Fsp3) is 0.200. The molecule has 0 aliphatic carbocycles. The van der Waals surface area contributed by atoms with Crippen molar-refractivity contribution in [2.24, 2.45) is 0 Å². The van der Waals surface area contributed by atoms with Crippen molar-refractivity contribution in [2.45, 2.75) is 6.92 Å². The van der Waals surface area contributed by atoms with Gasteiger partial charge in [0.05, 0.1) is 0 Å². The van der Waals surface area contributed by atoms with Gasteiger partial charge in [-0.05, 0) is 18.6 Å². The molecule has 0 saturated heterocycles. The number of aromatic nitrogens is 1. The molecule has 1 heterocycles. The van der Waals surface area contributed by atoms with E-state index in [0.29, 0.717) is 5.58 Å². The van der Waals surface area contributed by atoms with Crippen LogP contribution in [0.3, 0.4) is 0 Å². The van der Waals surface area contributed by atoms with Crippen LogP contribution in [0.2, 0.25) is 0 Å². The lowest BCUT2D eigenvalue weighted by Crippen LogP contribution is -2.12. The average molecular weight is 206 g/mol. The molecule has 0 radical (unpaired) electrons. The maximum atomic E-state index is 10.3. The molecule has 2 rings (SSSR count). The van der Waals surface area contributed by atoms with Gasteiger partial charge in [0.25, 0.3) is 6.01 Å².